The number of hydrogen-bond acceptors (Lipinski definition) is 5. The van der Waals surface area contributed by atoms with Gasteiger partial charge in [-0.1, -0.05) is 36.4 Å². The Labute approximate surface area is 187 Å². The second-order valence-corrected chi connectivity index (χ2v) is 8.23. The van der Waals surface area contributed by atoms with Crippen molar-refractivity contribution in [1.29, 1.82) is 0 Å². The lowest BCUT2D eigenvalue weighted by Gasteiger charge is -2.31. The molecule has 8 heteroatoms. The van der Waals surface area contributed by atoms with Crippen LogP contribution in [0.3, 0.4) is 0 Å². The van der Waals surface area contributed by atoms with Gasteiger partial charge in [-0.15, -0.1) is 0 Å². The summed E-state index contributed by atoms with van der Waals surface area (Å²) in [5.74, 6) is 1.08. The number of piperidine rings is 1. The number of aromatic nitrogens is 3. The minimum atomic E-state index is -0.0727. The Morgan fingerprint density at radius 3 is 2.66 bits per heavy atom. The van der Waals surface area contributed by atoms with E-state index in [2.05, 4.69) is 15.3 Å². The molecule has 0 unspecified atom stereocenters. The average Bonchev–Trinajstić information content (AvgIpc) is 3.13. The summed E-state index contributed by atoms with van der Waals surface area (Å²) in [6.45, 7) is 5.47. The molecule has 1 N–H and O–H groups in total. The number of hydrogen-bond donors (Lipinski definition) is 1. The van der Waals surface area contributed by atoms with Crippen LogP contribution in [0.4, 0.5) is 5.69 Å². The van der Waals surface area contributed by atoms with Gasteiger partial charge in [-0.05, 0) is 44.3 Å². The van der Waals surface area contributed by atoms with E-state index in [-0.39, 0.29) is 17.5 Å². The Kier molecular flexibility index (Phi) is 7.02. The predicted molar refractivity (Wildman–Crippen MR) is 125 cm³/mol. The standard InChI is InChI=1S/C24H31N5O3/c1-3-28-23(26-29(24(28)31)15-16-32-2)19-11-13-27(14-12-19)17-22(30)25-21-10-6-8-18-7-4-5-9-20(18)21/h4-10,19H,3,11-17H2,1-2H3,(H,25,30). The SMILES string of the molecule is CCn1c(C2CCN(CC(=O)Nc3cccc4ccccc34)CC2)nn(CCOC)c1=O. The van der Waals surface area contributed by atoms with Gasteiger partial charge in [-0.25, -0.2) is 9.48 Å². The summed E-state index contributed by atoms with van der Waals surface area (Å²) in [6.07, 6.45) is 1.75. The summed E-state index contributed by atoms with van der Waals surface area (Å²) in [5, 5.41) is 9.83. The summed E-state index contributed by atoms with van der Waals surface area (Å²) in [7, 11) is 1.62. The van der Waals surface area contributed by atoms with Gasteiger partial charge in [0, 0.05) is 30.6 Å². The first-order valence-electron chi connectivity index (χ1n) is 11.3. The van der Waals surface area contributed by atoms with Crippen molar-refractivity contribution >= 4 is 22.4 Å². The molecule has 0 aliphatic carbocycles. The summed E-state index contributed by atoms with van der Waals surface area (Å²) in [6, 6.07) is 14.0. The number of carbonyl (C=O) groups is 1. The maximum absolute atomic E-state index is 12.7. The maximum atomic E-state index is 12.7. The van der Waals surface area contributed by atoms with Crippen LogP contribution in [-0.4, -0.2) is 58.5 Å². The Hall–Kier alpha value is -2.97. The molecule has 0 saturated carbocycles. The lowest BCUT2D eigenvalue weighted by Crippen LogP contribution is -2.39. The largest absolute Gasteiger partial charge is 0.383 e. The fourth-order valence-electron chi connectivity index (χ4n) is 4.46. The quantitative estimate of drug-likeness (QED) is 0.586. The molecule has 32 heavy (non-hydrogen) atoms. The molecule has 8 nitrogen and oxygen atoms in total. The lowest BCUT2D eigenvalue weighted by molar-refractivity contribution is -0.117. The third kappa shape index (κ3) is 4.76. The molecule has 1 fully saturated rings. The van der Waals surface area contributed by atoms with E-state index < -0.39 is 0 Å². The summed E-state index contributed by atoms with van der Waals surface area (Å²) in [4.78, 5) is 27.5. The predicted octanol–water partition coefficient (Wildman–Crippen LogP) is 2.68. The van der Waals surface area contributed by atoms with Crippen molar-refractivity contribution in [2.45, 2.75) is 38.8 Å². The van der Waals surface area contributed by atoms with Gasteiger partial charge in [-0.2, -0.15) is 5.10 Å². The molecule has 0 radical (unpaired) electrons. The monoisotopic (exact) mass is 437 g/mol. The van der Waals surface area contributed by atoms with Gasteiger partial charge in [0.05, 0.1) is 19.7 Å². The number of carbonyl (C=O) groups excluding carboxylic acids is 1. The average molecular weight is 438 g/mol. The second kappa shape index (κ2) is 10.1. The van der Waals surface area contributed by atoms with Crippen molar-refractivity contribution in [3.8, 4) is 0 Å². The molecular weight excluding hydrogens is 406 g/mol. The number of ether oxygens (including phenoxy) is 1. The number of anilines is 1. The van der Waals surface area contributed by atoms with E-state index in [1.807, 2.05) is 49.4 Å². The first kappa shape index (κ1) is 22.2. The smallest absolute Gasteiger partial charge is 0.345 e. The Morgan fingerprint density at radius 2 is 1.91 bits per heavy atom. The zero-order chi connectivity index (χ0) is 22.5. The fourth-order valence-corrected chi connectivity index (χ4v) is 4.46. The Morgan fingerprint density at radius 1 is 1.16 bits per heavy atom. The topological polar surface area (TPSA) is 81.4 Å². The van der Waals surface area contributed by atoms with E-state index in [0.29, 0.717) is 26.2 Å². The molecule has 1 aliphatic heterocycles. The third-order valence-corrected chi connectivity index (χ3v) is 6.16. The van der Waals surface area contributed by atoms with Crippen LogP contribution in [0.5, 0.6) is 0 Å². The molecule has 1 aromatic heterocycles. The van der Waals surface area contributed by atoms with Gasteiger partial charge >= 0.3 is 5.69 Å². The van der Waals surface area contributed by atoms with Gasteiger partial charge < -0.3 is 10.1 Å². The number of rotatable bonds is 8. The lowest BCUT2D eigenvalue weighted by atomic mass is 9.96. The molecule has 3 aromatic rings. The first-order chi connectivity index (χ1) is 15.6. The number of likely N-dealkylation sites (tertiary alicyclic amines) is 1. The Bertz CT molecular complexity index is 1120. The van der Waals surface area contributed by atoms with E-state index in [9.17, 15) is 9.59 Å². The first-order valence-corrected chi connectivity index (χ1v) is 11.3. The van der Waals surface area contributed by atoms with Crippen LogP contribution < -0.4 is 11.0 Å². The fraction of sp³-hybridized carbons (Fsp3) is 0.458. The number of nitrogens with zero attached hydrogens (tertiary/aromatic N) is 4. The highest BCUT2D eigenvalue weighted by Crippen LogP contribution is 2.27. The van der Waals surface area contributed by atoms with Crippen LogP contribution in [0, 0.1) is 0 Å². The van der Waals surface area contributed by atoms with E-state index >= 15 is 0 Å². The van der Waals surface area contributed by atoms with E-state index in [4.69, 9.17) is 4.74 Å². The number of methoxy groups -OCH3 is 1. The molecule has 0 bridgehead atoms. The highest BCUT2D eigenvalue weighted by Gasteiger charge is 2.27. The van der Waals surface area contributed by atoms with Crippen LogP contribution in [0.15, 0.2) is 47.3 Å². The van der Waals surface area contributed by atoms with Gasteiger partial charge in [-0.3, -0.25) is 14.3 Å². The summed E-state index contributed by atoms with van der Waals surface area (Å²) < 4.78 is 8.37. The number of nitrogens with one attached hydrogen (secondary N) is 1. The highest BCUT2D eigenvalue weighted by atomic mass is 16.5. The van der Waals surface area contributed by atoms with Crippen molar-refractivity contribution < 1.29 is 9.53 Å². The molecule has 1 amide bonds. The minimum Gasteiger partial charge on any atom is -0.383 e. The van der Waals surface area contributed by atoms with Crippen LogP contribution in [0.2, 0.25) is 0 Å². The normalized spacial score (nSPS) is 15.3. The molecular formula is C24H31N5O3. The number of benzene rings is 2. The molecule has 2 heterocycles. The van der Waals surface area contributed by atoms with Crippen molar-refractivity contribution in [2.75, 3.05) is 38.7 Å². The van der Waals surface area contributed by atoms with E-state index in [1.54, 1.807) is 11.7 Å². The zero-order valence-corrected chi connectivity index (χ0v) is 18.8. The molecule has 0 atom stereocenters. The van der Waals surface area contributed by atoms with Gasteiger partial charge in [0.2, 0.25) is 5.91 Å². The molecule has 0 spiro atoms. The molecule has 4 rings (SSSR count). The van der Waals surface area contributed by atoms with Crippen molar-refractivity contribution in [3.05, 3.63) is 58.8 Å². The van der Waals surface area contributed by atoms with Gasteiger partial charge in [0.25, 0.3) is 0 Å². The van der Waals surface area contributed by atoms with Gasteiger partial charge in [0.1, 0.15) is 5.82 Å². The maximum Gasteiger partial charge on any atom is 0.345 e. The summed E-state index contributed by atoms with van der Waals surface area (Å²) in [5.41, 5.74) is 0.771. The number of fused-ring (bicyclic) bond motifs is 1. The minimum absolute atomic E-state index is 0.00545. The number of amides is 1. The molecule has 170 valence electrons. The van der Waals surface area contributed by atoms with Crippen LogP contribution >= 0.6 is 0 Å². The van der Waals surface area contributed by atoms with Crippen LogP contribution in [0.1, 0.15) is 31.5 Å². The van der Waals surface area contributed by atoms with E-state index in [1.165, 1.54) is 4.68 Å². The summed E-state index contributed by atoms with van der Waals surface area (Å²) >= 11 is 0. The molecule has 1 aliphatic rings. The van der Waals surface area contributed by atoms with Crippen molar-refractivity contribution in [1.82, 2.24) is 19.2 Å². The second-order valence-electron chi connectivity index (χ2n) is 8.23. The van der Waals surface area contributed by atoms with Gasteiger partial charge in [0.15, 0.2) is 0 Å². The highest BCUT2D eigenvalue weighted by molar-refractivity contribution is 6.02. The van der Waals surface area contributed by atoms with E-state index in [0.717, 1.165) is 48.2 Å². The third-order valence-electron chi connectivity index (χ3n) is 6.16. The Balaban J connectivity index is 1.36. The van der Waals surface area contributed by atoms with Crippen LogP contribution in [-0.2, 0) is 22.6 Å². The van der Waals surface area contributed by atoms with Crippen molar-refractivity contribution in [3.63, 3.8) is 0 Å². The van der Waals surface area contributed by atoms with Crippen LogP contribution in [0.25, 0.3) is 10.8 Å². The zero-order valence-electron chi connectivity index (χ0n) is 18.8. The molecule has 1 saturated heterocycles. The molecule has 2 aromatic carbocycles. The van der Waals surface area contributed by atoms with Crippen molar-refractivity contribution in [2.24, 2.45) is 0 Å².